The maximum atomic E-state index is 5.66. The lowest BCUT2D eigenvalue weighted by Crippen LogP contribution is -2.18. The van der Waals surface area contributed by atoms with Gasteiger partial charge in [0, 0.05) is 13.2 Å². The zero-order valence-electron chi connectivity index (χ0n) is 9.56. The molecule has 0 amide bonds. The van der Waals surface area contributed by atoms with Crippen LogP contribution in [0.4, 0.5) is 0 Å². The molecule has 0 bridgehead atoms. The molecule has 14 heavy (non-hydrogen) atoms. The second-order valence-corrected chi connectivity index (χ2v) is 4.33. The van der Waals surface area contributed by atoms with Crippen molar-refractivity contribution in [1.29, 1.82) is 0 Å². The number of hydrogen-bond acceptors (Lipinski definition) is 2. The van der Waals surface area contributed by atoms with Crippen LogP contribution in [0.1, 0.15) is 45.4 Å². The van der Waals surface area contributed by atoms with E-state index in [4.69, 9.17) is 4.74 Å². The van der Waals surface area contributed by atoms with Gasteiger partial charge in [0.1, 0.15) is 0 Å². The van der Waals surface area contributed by atoms with Crippen molar-refractivity contribution in [2.45, 2.75) is 45.4 Å². The Kier molecular flexibility index (Phi) is 7.06. The van der Waals surface area contributed by atoms with Crippen molar-refractivity contribution in [2.75, 3.05) is 26.3 Å². The number of nitrogens with one attached hydrogen (secondary N) is 1. The molecule has 1 saturated carbocycles. The molecule has 1 rings (SSSR count). The summed E-state index contributed by atoms with van der Waals surface area (Å²) in [5.74, 6) is 0.874. The third-order valence-corrected chi connectivity index (χ3v) is 2.90. The molecule has 84 valence electrons. The smallest absolute Gasteiger partial charge is 0.0494 e. The van der Waals surface area contributed by atoms with Crippen LogP contribution in [-0.4, -0.2) is 26.3 Å². The van der Waals surface area contributed by atoms with Crippen LogP contribution in [0.3, 0.4) is 0 Å². The molecule has 0 spiro atoms. The Bertz CT molecular complexity index is 121. The van der Waals surface area contributed by atoms with E-state index >= 15 is 0 Å². The van der Waals surface area contributed by atoms with Gasteiger partial charge in [0.2, 0.25) is 0 Å². The highest BCUT2D eigenvalue weighted by Gasteiger charge is 2.14. The van der Waals surface area contributed by atoms with E-state index in [1.54, 1.807) is 0 Å². The molecule has 0 unspecified atom stereocenters. The van der Waals surface area contributed by atoms with E-state index in [1.165, 1.54) is 32.1 Å². The fourth-order valence-corrected chi connectivity index (χ4v) is 2.03. The highest BCUT2D eigenvalue weighted by Crippen LogP contribution is 2.24. The third-order valence-electron chi connectivity index (χ3n) is 2.90. The van der Waals surface area contributed by atoms with Gasteiger partial charge < -0.3 is 10.1 Å². The Balaban J connectivity index is 1.75. The maximum Gasteiger partial charge on any atom is 0.0494 e. The van der Waals surface area contributed by atoms with Crippen LogP contribution in [0.5, 0.6) is 0 Å². The zero-order valence-corrected chi connectivity index (χ0v) is 9.56. The summed E-state index contributed by atoms with van der Waals surface area (Å²) in [5, 5.41) is 3.38. The quantitative estimate of drug-likeness (QED) is 0.607. The molecule has 2 nitrogen and oxygen atoms in total. The summed E-state index contributed by atoms with van der Waals surface area (Å²) in [4.78, 5) is 0. The highest BCUT2D eigenvalue weighted by molar-refractivity contribution is 4.66. The van der Waals surface area contributed by atoms with E-state index in [-0.39, 0.29) is 0 Å². The second kappa shape index (κ2) is 8.25. The standard InChI is InChI=1S/C12H25NO/c1-2-8-13-9-5-10-14-11-12-6-3-4-7-12/h12-13H,2-11H2,1H3. The van der Waals surface area contributed by atoms with Crippen LogP contribution in [-0.2, 0) is 4.74 Å². The summed E-state index contributed by atoms with van der Waals surface area (Å²) in [6, 6.07) is 0. The lowest BCUT2D eigenvalue weighted by atomic mass is 10.1. The predicted octanol–water partition coefficient (Wildman–Crippen LogP) is 2.58. The molecule has 1 aliphatic rings. The summed E-state index contributed by atoms with van der Waals surface area (Å²) < 4.78 is 5.66. The van der Waals surface area contributed by atoms with E-state index < -0.39 is 0 Å². The minimum absolute atomic E-state index is 0.874. The topological polar surface area (TPSA) is 21.3 Å². The second-order valence-electron chi connectivity index (χ2n) is 4.33. The van der Waals surface area contributed by atoms with Crippen LogP contribution >= 0.6 is 0 Å². The zero-order chi connectivity index (χ0) is 10.1. The molecule has 0 aromatic carbocycles. The molecule has 1 fully saturated rings. The molecule has 0 aromatic rings. The molecule has 1 N–H and O–H groups in total. The van der Waals surface area contributed by atoms with Crippen molar-refractivity contribution < 1.29 is 4.74 Å². The highest BCUT2D eigenvalue weighted by atomic mass is 16.5. The summed E-state index contributed by atoms with van der Waals surface area (Å²) in [6.45, 7) is 6.39. The first-order chi connectivity index (χ1) is 6.93. The van der Waals surface area contributed by atoms with Crippen molar-refractivity contribution in [3.05, 3.63) is 0 Å². The van der Waals surface area contributed by atoms with Crippen LogP contribution in [0.25, 0.3) is 0 Å². The molecule has 0 radical (unpaired) electrons. The third kappa shape index (κ3) is 5.61. The number of ether oxygens (including phenoxy) is 1. The van der Waals surface area contributed by atoms with Crippen LogP contribution in [0.2, 0.25) is 0 Å². The molecular weight excluding hydrogens is 174 g/mol. The maximum absolute atomic E-state index is 5.66. The Labute approximate surface area is 88.4 Å². The lowest BCUT2D eigenvalue weighted by molar-refractivity contribution is 0.0993. The Hall–Kier alpha value is -0.0800. The average molecular weight is 199 g/mol. The van der Waals surface area contributed by atoms with Crippen molar-refractivity contribution in [3.8, 4) is 0 Å². The lowest BCUT2D eigenvalue weighted by Gasteiger charge is -2.09. The van der Waals surface area contributed by atoms with E-state index in [1.807, 2.05) is 0 Å². The van der Waals surface area contributed by atoms with Gasteiger partial charge >= 0.3 is 0 Å². The van der Waals surface area contributed by atoms with E-state index in [0.29, 0.717) is 0 Å². The normalized spacial score (nSPS) is 17.8. The summed E-state index contributed by atoms with van der Waals surface area (Å²) in [5.41, 5.74) is 0. The molecule has 0 heterocycles. The molecular formula is C12H25NO. The molecule has 1 aliphatic carbocycles. The van der Waals surface area contributed by atoms with Crippen molar-refractivity contribution >= 4 is 0 Å². The number of hydrogen-bond donors (Lipinski definition) is 1. The van der Waals surface area contributed by atoms with Gasteiger partial charge in [-0.1, -0.05) is 19.8 Å². The van der Waals surface area contributed by atoms with Crippen LogP contribution < -0.4 is 5.32 Å². The van der Waals surface area contributed by atoms with Gasteiger partial charge in [-0.3, -0.25) is 0 Å². The molecule has 0 saturated heterocycles. The van der Waals surface area contributed by atoms with Crippen molar-refractivity contribution in [3.63, 3.8) is 0 Å². The average Bonchev–Trinajstić information content (AvgIpc) is 2.69. The Morgan fingerprint density at radius 1 is 1.21 bits per heavy atom. The molecule has 0 atom stereocenters. The van der Waals surface area contributed by atoms with Gasteiger partial charge in [0.25, 0.3) is 0 Å². The Morgan fingerprint density at radius 2 is 2.00 bits per heavy atom. The van der Waals surface area contributed by atoms with Gasteiger partial charge in [0.15, 0.2) is 0 Å². The summed E-state index contributed by atoms with van der Waals surface area (Å²) in [7, 11) is 0. The van der Waals surface area contributed by atoms with Gasteiger partial charge in [-0.15, -0.1) is 0 Å². The Morgan fingerprint density at radius 3 is 2.71 bits per heavy atom. The fraction of sp³-hybridized carbons (Fsp3) is 1.00. The van der Waals surface area contributed by atoms with Crippen molar-refractivity contribution in [2.24, 2.45) is 5.92 Å². The summed E-state index contributed by atoms with van der Waals surface area (Å²) >= 11 is 0. The molecule has 2 heteroatoms. The van der Waals surface area contributed by atoms with Gasteiger partial charge in [-0.2, -0.15) is 0 Å². The predicted molar refractivity (Wildman–Crippen MR) is 60.6 cm³/mol. The van der Waals surface area contributed by atoms with Crippen LogP contribution in [0, 0.1) is 5.92 Å². The van der Waals surface area contributed by atoms with Gasteiger partial charge in [0.05, 0.1) is 0 Å². The van der Waals surface area contributed by atoms with Crippen LogP contribution in [0.15, 0.2) is 0 Å². The monoisotopic (exact) mass is 199 g/mol. The fourth-order valence-electron chi connectivity index (χ4n) is 2.03. The van der Waals surface area contributed by atoms with Gasteiger partial charge in [-0.05, 0) is 44.7 Å². The minimum atomic E-state index is 0.874. The minimum Gasteiger partial charge on any atom is -0.381 e. The first-order valence-corrected chi connectivity index (χ1v) is 6.22. The SMILES string of the molecule is CCCNCCCOCC1CCCC1. The van der Waals surface area contributed by atoms with Gasteiger partial charge in [-0.25, -0.2) is 0 Å². The first-order valence-electron chi connectivity index (χ1n) is 6.22. The van der Waals surface area contributed by atoms with Crippen molar-refractivity contribution in [1.82, 2.24) is 5.32 Å². The molecule has 0 aliphatic heterocycles. The number of rotatable bonds is 8. The largest absolute Gasteiger partial charge is 0.381 e. The summed E-state index contributed by atoms with van der Waals surface area (Å²) in [6.07, 6.45) is 8.02. The van der Waals surface area contributed by atoms with E-state index in [0.717, 1.165) is 38.6 Å². The molecule has 0 aromatic heterocycles. The van der Waals surface area contributed by atoms with E-state index in [9.17, 15) is 0 Å². The van der Waals surface area contributed by atoms with E-state index in [2.05, 4.69) is 12.2 Å². The first kappa shape index (κ1) is 12.0.